The Bertz CT molecular complexity index is 177. The summed E-state index contributed by atoms with van der Waals surface area (Å²) in [6.07, 6.45) is 1.67. The van der Waals surface area contributed by atoms with Crippen molar-refractivity contribution in [3.63, 3.8) is 0 Å². The smallest absolute Gasteiger partial charge is 0.330 e. The number of nitrogens with zero attached hydrogens (tertiary/aromatic N) is 1. The summed E-state index contributed by atoms with van der Waals surface area (Å²) < 4.78 is 4.45. The summed E-state index contributed by atoms with van der Waals surface area (Å²) in [5.74, 6) is -0.481. The molecule has 0 heterocycles. The average molecular weight is 171 g/mol. The predicted octanol–water partition coefficient (Wildman–Crippen LogP) is 0.540. The van der Waals surface area contributed by atoms with E-state index in [9.17, 15) is 9.59 Å². The summed E-state index contributed by atoms with van der Waals surface area (Å²) in [5.41, 5.74) is 0. The zero-order valence-corrected chi connectivity index (χ0v) is 7.32. The highest BCUT2D eigenvalue weighted by molar-refractivity contribution is 5.74. The van der Waals surface area contributed by atoms with Gasteiger partial charge in [0.25, 0.3) is 0 Å². The normalized spacial score (nSPS) is 9.25. The Labute approximate surface area is 71.8 Å². The minimum absolute atomic E-state index is 0.000125. The molecule has 0 aliphatic carbocycles. The van der Waals surface area contributed by atoms with Crippen LogP contribution in [0.5, 0.6) is 0 Å². The highest BCUT2D eigenvalue weighted by Crippen LogP contribution is 1.94. The second kappa shape index (κ2) is 5.35. The summed E-state index contributed by atoms with van der Waals surface area (Å²) in [4.78, 5) is 22.5. The van der Waals surface area contributed by atoms with Gasteiger partial charge in [0.15, 0.2) is 0 Å². The van der Waals surface area contributed by atoms with Gasteiger partial charge < -0.3 is 9.64 Å². The van der Waals surface area contributed by atoms with Crippen LogP contribution in [0.4, 0.5) is 0 Å². The van der Waals surface area contributed by atoms with Crippen LogP contribution in [-0.2, 0) is 14.3 Å². The van der Waals surface area contributed by atoms with Gasteiger partial charge in [-0.15, -0.1) is 0 Å². The van der Waals surface area contributed by atoms with Crippen molar-refractivity contribution in [1.82, 2.24) is 4.90 Å². The molecule has 0 aromatic rings. The maximum absolute atomic E-state index is 10.8. The van der Waals surface area contributed by atoms with E-state index in [4.69, 9.17) is 0 Å². The van der Waals surface area contributed by atoms with Crippen LogP contribution < -0.4 is 0 Å². The standard InChI is InChI=1S/C8H13NO3/c1-4-12-8(11)5-9(6-10)7(2)3/h4,6-7H,1,5H2,2-3H3. The van der Waals surface area contributed by atoms with E-state index < -0.39 is 5.97 Å². The maximum atomic E-state index is 10.8. The van der Waals surface area contributed by atoms with Crippen molar-refractivity contribution in [3.05, 3.63) is 12.8 Å². The molecule has 0 bridgehead atoms. The highest BCUT2D eigenvalue weighted by atomic mass is 16.5. The summed E-state index contributed by atoms with van der Waals surface area (Å²) in [6, 6.07) is -0.000125. The molecular formula is C8H13NO3. The van der Waals surface area contributed by atoms with E-state index in [1.54, 1.807) is 0 Å². The van der Waals surface area contributed by atoms with Crippen LogP contribution in [0.1, 0.15) is 13.8 Å². The fourth-order valence-corrected chi connectivity index (χ4v) is 0.621. The maximum Gasteiger partial charge on any atom is 0.330 e. The van der Waals surface area contributed by atoms with Crippen LogP contribution >= 0.6 is 0 Å². The Morgan fingerprint density at radius 1 is 1.67 bits per heavy atom. The molecule has 0 rings (SSSR count). The van der Waals surface area contributed by atoms with Crippen molar-refractivity contribution < 1.29 is 14.3 Å². The van der Waals surface area contributed by atoms with Gasteiger partial charge in [-0.05, 0) is 13.8 Å². The highest BCUT2D eigenvalue weighted by Gasteiger charge is 2.11. The van der Waals surface area contributed by atoms with E-state index in [0.717, 1.165) is 6.26 Å². The minimum atomic E-state index is -0.481. The third-order valence-corrected chi connectivity index (χ3v) is 1.33. The van der Waals surface area contributed by atoms with Gasteiger partial charge in [-0.2, -0.15) is 0 Å². The quantitative estimate of drug-likeness (QED) is 0.344. The number of hydrogen-bond donors (Lipinski definition) is 0. The zero-order chi connectivity index (χ0) is 9.56. The van der Waals surface area contributed by atoms with Crippen molar-refractivity contribution in [2.45, 2.75) is 19.9 Å². The molecule has 0 atom stereocenters. The SMILES string of the molecule is C=COC(=O)CN(C=O)C(C)C. The number of carbonyl (C=O) groups excluding carboxylic acids is 2. The molecule has 0 saturated heterocycles. The molecule has 0 radical (unpaired) electrons. The monoisotopic (exact) mass is 171 g/mol. The predicted molar refractivity (Wildman–Crippen MR) is 44.2 cm³/mol. The van der Waals surface area contributed by atoms with E-state index >= 15 is 0 Å². The fraction of sp³-hybridized carbons (Fsp3) is 0.500. The van der Waals surface area contributed by atoms with Gasteiger partial charge in [0.2, 0.25) is 6.41 Å². The van der Waals surface area contributed by atoms with Gasteiger partial charge >= 0.3 is 5.97 Å². The number of amides is 1. The molecule has 0 N–H and O–H groups in total. The van der Waals surface area contributed by atoms with Crippen molar-refractivity contribution >= 4 is 12.4 Å². The molecule has 0 aliphatic heterocycles. The van der Waals surface area contributed by atoms with Crippen molar-refractivity contribution in [2.75, 3.05) is 6.54 Å². The molecule has 4 heteroatoms. The third-order valence-electron chi connectivity index (χ3n) is 1.33. The first-order chi connectivity index (χ1) is 5.61. The second-order valence-corrected chi connectivity index (χ2v) is 2.53. The van der Waals surface area contributed by atoms with Gasteiger partial charge in [0, 0.05) is 6.04 Å². The summed E-state index contributed by atoms with van der Waals surface area (Å²) in [7, 11) is 0. The minimum Gasteiger partial charge on any atom is -0.434 e. The van der Waals surface area contributed by atoms with Crippen LogP contribution in [0.25, 0.3) is 0 Å². The Morgan fingerprint density at radius 3 is 2.58 bits per heavy atom. The van der Waals surface area contributed by atoms with Crippen LogP contribution in [0.3, 0.4) is 0 Å². The lowest BCUT2D eigenvalue weighted by Crippen LogP contribution is -2.34. The molecule has 0 aromatic heterocycles. The molecule has 0 fully saturated rings. The Balaban J connectivity index is 3.93. The van der Waals surface area contributed by atoms with Gasteiger partial charge in [0.1, 0.15) is 6.54 Å². The molecular weight excluding hydrogens is 158 g/mol. The number of ether oxygens (including phenoxy) is 1. The number of rotatable bonds is 5. The summed E-state index contributed by atoms with van der Waals surface area (Å²) in [5, 5.41) is 0. The Kier molecular flexibility index (Phi) is 4.76. The number of hydrogen-bond acceptors (Lipinski definition) is 3. The fourth-order valence-electron chi connectivity index (χ4n) is 0.621. The molecule has 0 unspecified atom stereocenters. The van der Waals surface area contributed by atoms with E-state index in [2.05, 4.69) is 11.3 Å². The second-order valence-electron chi connectivity index (χ2n) is 2.53. The topological polar surface area (TPSA) is 46.6 Å². The first kappa shape index (κ1) is 10.7. The molecule has 4 nitrogen and oxygen atoms in total. The average Bonchev–Trinajstić information content (AvgIpc) is 2.00. The molecule has 12 heavy (non-hydrogen) atoms. The van der Waals surface area contributed by atoms with Gasteiger partial charge in [0.05, 0.1) is 6.26 Å². The molecule has 1 amide bonds. The molecule has 68 valence electrons. The number of esters is 1. The van der Waals surface area contributed by atoms with Crippen LogP contribution in [-0.4, -0.2) is 29.9 Å². The first-order valence-electron chi connectivity index (χ1n) is 3.63. The first-order valence-corrected chi connectivity index (χ1v) is 3.63. The summed E-state index contributed by atoms with van der Waals surface area (Å²) >= 11 is 0. The molecule has 0 aromatic carbocycles. The Morgan fingerprint density at radius 2 is 2.25 bits per heavy atom. The van der Waals surface area contributed by atoms with Crippen molar-refractivity contribution in [1.29, 1.82) is 0 Å². The Hall–Kier alpha value is -1.32. The lowest BCUT2D eigenvalue weighted by atomic mass is 10.3. The number of carbonyl (C=O) groups is 2. The van der Waals surface area contributed by atoms with Gasteiger partial charge in [-0.3, -0.25) is 4.79 Å². The summed E-state index contributed by atoms with van der Waals surface area (Å²) in [6.45, 7) is 6.82. The molecule has 0 saturated carbocycles. The molecule has 0 aliphatic rings. The molecule has 0 spiro atoms. The largest absolute Gasteiger partial charge is 0.434 e. The lowest BCUT2D eigenvalue weighted by molar-refractivity contribution is -0.142. The van der Waals surface area contributed by atoms with Crippen LogP contribution in [0.15, 0.2) is 12.8 Å². The zero-order valence-electron chi connectivity index (χ0n) is 7.32. The van der Waals surface area contributed by atoms with Gasteiger partial charge in [-0.25, -0.2) is 4.79 Å². The van der Waals surface area contributed by atoms with E-state index in [-0.39, 0.29) is 12.6 Å². The third kappa shape index (κ3) is 3.75. The lowest BCUT2D eigenvalue weighted by Gasteiger charge is -2.19. The van der Waals surface area contributed by atoms with Crippen LogP contribution in [0, 0.1) is 0 Å². The van der Waals surface area contributed by atoms with E-state index in [0.29, 0.717) is 6.41 Å². The van der Waals surface area contributed by atoms with Crippen molar-refractivity contribution in [2.24, 2.45) is 0 Å². The van der Waals surface area contributed by atoms with Crippen molar-refractivity contribution in [3.8, 4) is 0 Å². The van der Waals surface area contributed by atoms with Crippen LogP contribution in [0.2, 0.25) is 0 Å². The van der Waals surface area contributed by atoms with Gasteiger partial charge in [-0.1, -0.05) is 6.58 Å². The van der Waals surface area contributed by atoms with E-state index in [1.165, 1.54) is 4.90 Å². The van der Waals surface area contributed by atoms with E-state index in [1.807, 2.05) is 13.8 Å².